The Hall–Kier alpha value is -2.33. The van der Waals surface area contributed by atoms with Gasteiger partial charge in [0.25, 0.3) is 0 Å². The Morgan fingerprint density at radius 3 is 2.41 bits per heavy atom. The Morgan fingerprint density at radius 1 is 1.00 bits per heavy atom. The molecule has 4 rings (SSSR count). The molecule has 4 heteroatoms. The SMILES string of the molecule is Cc1ccc(C)c(NC(=O)N2CC(N3CCC(c4ccccc4)CC3)C2)c1. The second-order valence-electron chi connectivity index (χ2n) is 8.03. The molecule has 2 fully saturated rings. The summed E-state index contributed by atoms with van der Waals surface area (Å²) < 4.78 is 0. The predicted molar refractivity (Wildman–Crippen MR) is 110 cm³/mol. The summed E-state index contributed by atoms with van der Waals surface area (Å²) in [6.45, 7) is 8.03. The van der Waals surface area contributed by atoms with E-state index < -0.39 is 0 Å². The molecular formula is C23H29N3O. The number of urea groups is 1. The molecule has 0 bridgehead atoms. The van der Waals surface area contributed by atoms with Crippen LogP contribution in [0.4, 0.5) is 10.5 Å². The van der Waals surface area contributed by atoms with Gasteiger partial charge in [0, 0.05) is 24.8 Å². The molecule has 2 aliphatic rings. The molecule has 2 heterocycles. The number of nitrogens with one attached hydrogen (secondary N) is 1. The van der Waals surface area contributed by atoms with Gasteiger partial charge < -0.3 is 10.2 Å². The Morgan fingerprint density at radius 2 is 1.70 bits per heavy atom. The van der Waals surface area contributed by atoms with E-state index in [0.717, 1.165) is 37.4 Å². The number of hydrogen-bond acceptors (Lipinski definition) is 2. The van der Waals surface area contributed by atoms with Crippen LogP contribution in [-0.4, -0.2) is 48.1 Å². The zero-order valence-electron chi connectivity index (χ0n) is 16.3. The number of anilines is 1. The predicted octanol–water partition coefficient (Wildman–Crippen LogP) is 4.40. The third kappa shape index (κ3) is 4.01. The molecule has 4 nitrogen and oxygen atoms in total. The van der Waals surface area contributed by atoms with E-state index in [1.165, 1.54) is 24.0 Å². The number of aryl methyl sites for hydroxylation is 2. The molecular weight excluding hydrogens is 334 g/mol. The first-order valence-electron chi connectivity index (χ1n) is 10.0. The maximum atomic E-state index is 12.5. The van der Waals surface area contributed by atoms with Crippen molar-refractivity contribution in [3.8, 4) is 0 Å². The summed E-state index contributed by atoms with van der Waals surface area (Å²) in [4.78, 5) is 17.0. The van der Waals surface area contributed by atoms with Gasteiger partial charge in [-0.3, -0.25) is 4.90 Å². The smallest absolute Gasteiger partial charge is 0.321 e. The summed E-state index contributed by atoms with van der Waals surface area (Å²) in [5, 5.41) is 3.07. The highest BCUT2D eigenvalue weighted by Gasteiger charge is 2.36. The van der Waals surface area contributed by atoms with Gasteiger partial charge in [-0.25, -0.2) is 4.79 Å². The standard InChI is InChI=1S/C23H29N3O/c1-17-8-9-18(2)22(14-17)24-23(27)26-15-21(16-26)25-12-10-20(11-13-25)19-6-4-3-5-7-19/h3-9,14,20-21H,10-13,15-16H2,1-2H3,(H,24,27). The van der Waals surface area contributed by atoms with Gasteiger partial charge in [0.2, 0.25) is 0 Å². The van der Waals surface area contributed by atoms with Crippen molar-refractivity contribution in [1.29, 1.82) is 0 Å². The van der Waals surface area contributed by atoms with E-state index in [1.807, 2.05) is 24.8 Å². The number of carbonyl (C=O) groups is 1. The molecule has 2 aromatic rings. The highest BCUT2D eigenvalue weighted by atomic mass is 16.2. The van der Waals surface area contributed by atoms with Gasteiger partial charge in [0.05, 0.1) is 0 Å². The van der Waals surface area contributed by atoms with E-state index in [9.17, 15) is 4.79 Å². The van der Waals surface area contributed by atoms with Crippen molar-refractivity contribution < 1.29 is 4.79 Å². The monoisotopic (exact) mass is 363 g/mol. The maximum absolute atomic E-state index is 12.5. The molecule has 0 aliphatic carbocycles. The lowest BCUT2D eigenvalue weighted by molar-refractivity contribution is 0.0453. The van der Waals surface area contributed by atoms with E-state index in [4.69, 9.17) is 0 Å². The topological polar surface area (TPSA) is 35.6 Å². The fourth-order valence-corrected chi connectivity index (χ4v) is 4.24. The summed E-state index contributed by atoms with van der Waals surface area (Å²) in [7, 11) is 0. The van der Waals surface area contributed by atoms with Crippen LogP contribution in [-0.2, 0) is 0 Å². The molecule has 2 aliphatic heterocycles. The third-order valence-corrected chi connectivity index (χ3v) is 6.10. The molecule has 0 spiro atoms. The zero-order chi connectivity index (χ0) is 18.8. The number of amides is 2. The number of hydrogen-bond donors (Lipinski definition) is 1. The molecule has 2 aromatic carbocycles. The lowest BCUT2D eigenvalue weighted by Gasteiger charge is -2.47. The van der Waals surface area contributed by atoms with Crippen molar-refractivity contribution in [2.75, 3.05) is 31.5 Å². The first kappa shape index (κ1) is 18.1. The number of benzene rings is 2. The molecule has 0 radical (unpaired) electrons. The number of piperidine rings is 1. The van der Waals surface area contributed by atoms with Crippen molar-refractivity contribution in [2.24, 2.45) is 0 Å². The number of carbonyl (C=O) groups excluding carboxylic acids is 1. The lowest BCUT2D eigenvalue weighted by atomic mass is 9.88. The Labute approximate surface area is 162 Å². The normalized spacial score (nSPS) is 19.0. The Bertz CT molecular complexity index is 791. The summed E-state index contributed by atoms with van der Waals surface area (Å²) in [5.74, 6) is 0.686. The minimum absolute atomic E-state index is 0.0270. The first-order valence-corrected chi connectivity index (χ1v) is 10.0. The fraction of sp³-hybridized carbons (Fsp3) is 0.435. The minimum atomic E-state index is 0.0270. The second-order valence-corrected chi connectivity index (χ2v) is 8.03. The molecule has 1 N–H and O–H groups in total. The zero-order valence-corrected chi connectivity index (χ0v) is 16.3. The van der Waals surface area contributed by atoms with Crippen molar-refractivity contribution in [3.63, 3.8) is 0 Å². The van der Waals surface area contributed by atoms with Gasteiger partial charge in [-0.2, -0.15) is 0 Å². The lowest BCUT2D eigenvalue weighted by Crippen LogP contribution is -2.62. The fourth-order valence-electron chi connectivity index (χ4n) is 4.24. The van der Waals surface area contributed by atoms with E-state index in [-0.39, 0.29) is 6.03 Å². The summed E-state index contributed by atoms with van der Waals surface area (Å²) in [6, 6.07) is 17.6. The van der Waals surface area contributed by atoms with Crippen molar-refractivity contribution in [2.45, 2.75) is 38.6 Å². The van der Waals surface area contributed by atoms with Crippen LogP contribution in [0.2, 0.25) is 0 Å². The maximum Gasteiger partial charge on any atom is 0.321 e. The quantitative estimate of drug-likeness (QED) is 0.877. The van der Waals surface area contributed by atoms with Gasteiger partial charge in [-0.1, -0.05) is 42.5 Å². The van der Waals surface area contributed by atoms with Crippen LogP contribution in [0.1, 0.15) is 35.4 Å². The van der Waals surface area contributed by atoms with Crippen LogP contribution in [0.3, 0.4) is 0 Å². The van der Waals surface area contributed by atoms with E-state index >= 15 is 0 Å². The minimum Gasteiger partial charge on any atom is -0.321 e. The van der Waals surface area contributed by atoms with E-state index in [1.54, 1.807) is 0 Å². The Kier molecular flexibility index (Phi) is 5.17. The number of rotatable bonds is 3. The molecule has 0 atom stereocenters. The molecule has 2 saturated heterocycles. The molecule has 0 unspecified atom stereocenters. The summed E-state index contributed by atoms with van der Waals surface area (Å²) in [6.07, 6.45) is 2.43. The van der Waals surface area contributed by atoms with Gasteiger partial charge in [-0.05, 0) is 68.5 Å². The second kappa shape index (κ2) is 7.73. The third-order valence-electron chi connectivity index (χ3n) is 6.10. The Balaban J connectivity index is 1.25. The largest absolute Gasteiger partial charge is 0.321 e. The van der Waals surface area contributed by atoms with Crippen LogP contribution in [0.25, 0.3) is 0 Å². The molecule has 0 aromatic heterocycles. The van der Waals surface area contributed by atoms with Crippen LogP contribution in [0.15, 0.2) is 48.5 Å². The highest BCUT2D eigenvalue weighted by molar-refractivity contribution is 5.90. The van der Waals surface area contributed by atoms with Crippen molar-refractivity contribution >= 4 is 11.7 Å². The van der Waals surface area contributed by atoms with Crippen molar-refractivity contribution in [3.05, 3.63) is 65.2 Å². The first-order chi connectivity index (χ1) is 13.1. The molecule has 0 saturated carbocycles. The van der Waals surface area contributed by atoms with Crippen LogP contribution >= 0.6 is 0 Å². The van der Waals surface area contributed by atoms with Gasteiger partial charge in [0.1, 0.15) is 0 Å². The highest BCUT2D eigenvalue weighted by Crippen LogP contribution is 2.30. The van der Waals surface area contributed by atoms with Gasteiger partial charge in [-0.15, -0.1) is 0 Å². The number of nitrogens with zero attached hydrogens (tertiary/aromatic N) is 2. The number of likely N-dealkylation sites (tertiary alicyclic amines) is 2. The molecule has 27 heavy (non-hydrogen) atoms. The van der Waals surface area contributed by atoms with E-state index in [2.05, 4.69) is 52.7 Å². The van der Waals surface area contributed by atoms with Crippen LogP contribution < -0.4 is 5.32 Å². The average molecular weight is 364 g/mol. The van der Waals surface area contributed by atoms with Crippen LogP contribution in [0.5, 0.6) is 0 Å². The average Bonchev–Trinajstić information content (AvgIpc) is 2.65. The summed E-state index contributed by atoms with van der Waals surface area (Å²) >= 11 is 0. The van der Waals surface area contributed by atoms with Gasteiger partial charge in [0.15, 0.2) is 0 Å². The van der Waals surface area contributed by atoms with E-state index in [0.29, 0.717) is 12.0 Å². The van der Waals surface area contributed by atoms with Crippen molar-refractivity contribution in [1.82, 2.24) is 9.80 Å². The molecule has 142 valence electrons. The summed E-state index contributed by atoms with van der Waals surface area (Å²) in [5.41, 5.74) is 4.67. The van der Waals surface area contributed by atoms with Crippen LogP contribution in [0, 0.1) is 13.8 Å². The molecule has 2 amide bonds. The van der Waals surface area contributed by atoms with Gasteiger partial charge >= 0.3 is 6.03 Å².